The molecule has 4 aromatic carbocycles. The zero-order chi connectivity index (χ0) is 13.7. The first-order valence-electron chi connectivity index (χ1n) is 6.23. The molecule has 0 atom stereocenters. The summed E-state index contributed by atoms with van der Waals surface area (Å²) in [6.07, 6.45) is 0. The van der Waals surface area contributed by atoms with E-state index in [4.69, 9.17) is 4.18 Å². The number of rotatable bonds is 2. The molecule has 0 amide bonds. The Balaban J connectivity index is 0.00000132. The summed E-state index contributed by atoms with van der Waals surface area (Å²) in [5, 5.41) is 6.39. The third-order valence-corrected chi connectivity index (χ3v) is 4.01. The van der Waals surface area contributed by atoms with E-state index in [1.165, 1.54) is 0 Å². The molecule has 0 unspecified atom stereocenters. The van der Waals surface area contributed by atoms with E-state index < -0.39 is 11.0 Å². The predicted octanol–water partition coefficient (Wildman–Crippen LogP) is 2.84. The molecule has 100 valence electrons. The summed E-state index contributed by atoms with van der Waals surface area (Å²) in [5.41, 5.74) is 0. The van der Waals surface area contributed by atoms with Crippen molar-refractivity contribution < 1.29 is 12.6 Å². The Kier molecular flexibility index (Phi) is 3.80. The molecule has 0 aliphatic carbocycles. The second-order valence-electron chi connectivity index (χ2n) is 4.73. The van der Waals surface area contributed by atoms with Crippen LogP contribution in [0.5, 0.6) is 5.75 Å². The summed E-state index contributed by atoms with van der Waals surface area (Å²) in [5.74, 6) is 0.381. The first-order chi connectivity index (χ1) is 9.74. The van der Waals surface area contributed by atoms with Gasteiger partial charge >= 0.3 is 29.6 Å². The molecule has 0 radical (unpaired) electrons. The van der Waals surface area contributed by atoms with Crippen molar-refractivity contribution >= 4 is 72.9 Å². The number of benzene rings is 4. The fraction of sp³-hybridized carbons (Fsp3) is 0. The van der Waals surface area contributed by atoms with Gasteiger partial charge in [-0.05, 0) is 33.7 Å². The molecule has 0 aromatic heterocycles. The van der Waals surface area contributed by atoms with Crippen LogP contribution in [0.1, 0.15) is 0 Å². The third kappa shape index (κ3) is 2.28. The van der Waals surface area contributed by atoms with Crippen LogP contribution in [0.25, 0.3) is 32.3 Å². The van der Waals surface area contributed by atoms with Crippen LogP contribution in [0.2, 0.25) is 0 Å². The Morgan fingerprint density at radius 1 is 0.714 bits per heavy atom. The van der Waals surface area contributed by atoms with E-state index >= 15 is 0 Å². The van der Waals surface area contributed by atoms with Gasteiger partial charge in [-0.25, -0.2) is 0 Å². The molecule has 0 N–H and O–H groups in total. The van der Waals surface area contributed by atoms with Crippen LogP contribution in [0.15, 0.2) is 54.6 Å². The van der Waals surface area contributed by atoms with Crippen LogP contribution in [-0.4, -0.2) is 38.0 Å². The van der Waals surface area contributed by atoms with Gasteiger partial charge in [0.1, 0.15) is 5.75 Å². The topological polar surface area (TPSA) is 43.4 Å². The Labute approximate surface area is 145 Å². The van der Waals surface area contributed by atoms with Crippen LogP contribution in [0.3, 0.4) is 0 Å². The average Bonchev–Trinajstić information content (AvgIpc) is 2.46. The Bertz CT molecular complexity index is 1000. The summed E-state index contributed by atoms with van der Waals surface area (Å²) in [7, 11) is -2.91. The first-order valence-corrected chi connectivity index (χ1v) is 7.32. The maximum absolute atomic E-state index is 10.8. The summed E-state index contributed by atoms with van der Waals surface area (Å²) < 4.78 is 26.6. The van der Waals surface area contributed by atoms with E-state index in [1.807, 2.05) is 30.3 Å². The van der Waals surface area contributed by atoms with Gasteiger partial charge in [-0.3, -0.25) is 0 Å². The predicted molar refractivity (Wildman–Crippen MR) is 88.2 cm³/mol. The van der Waals surface area contributed by atoms with Crippen LogP contribution in [0.4, 0.5) is 0 Å². The fourth-order valence-corrected chi connectivity index (χ4v) is 3.19. The second kappa shape index (κ2) is 5.46. The summed E-state index contributed by atoms with van der Waals surface area (Å²) in [4.78, 5) is 0. The van der Waals surface area contributed by atoms with Crippen LogP contribution >= 0.6 is 0 Å². The normalized spacial score (nSPS) is 11.3. The molecular formula is C16H11NaO3S. The molecule has 0 fully saturated rings. The minimum absolute atomic E-state index is 0. The molecule has 3 nitrogen and oxygen atoms in total. The Morgan fingerprint density at radius 3 is 1.95 bits per heavy atom. The van der Waals surface area contributed by atoms with E-state index in [9.17, 15) is 8.42 Å². The molecule has 21 heavy (non-hydrogen) atoms. The number of hydrogen-bond acceptors (Lipinski definition) is 3. The molecule has 0 heterocycles. The molecule has 4 aromatic rings. The fourth-order valence-electron chi connectivity index (χ4n) is 2.87. The van der Waals surface area contributed by atoms with Crippen molar-refractivity contribution in [3.63, 3.8) is 0 Å². The van der Waals surface area contributed by atoms with Gasteiger partial charge in [0, 0.05) is 10.8 Å². The molecule has 0 saturated carbocycles. The average molecular weight is 306 g/mol. The van der Waals surface area contributed by atoms with Gasteiger partial charge in [-0.1, -0.05) is 42.5 Å². The summed E-state index contributed by atoms with van der Waals surface area (Å²) in [6.45, 7) is 0. The van der Waals surface area contributed by atoms with Crippen LogP contribution < -0.4 is 4.18 Å². The van der Waals surface area contributed by atoms with Gasteiger partial charge in [0.25, 0.3) is 11.0 Å². The molecule has 4 rings (SSSR count). The first kappa shape index (κ1) is 14.6. The molecule has 0 spiro atoms. The zero-order valence-corrected chi connectivity index (χ0v) is 11.3. The van der Waals surface area contributed by atoms with Crippen molar-refractivity contribution in [2.75, 3.05) is 0 Å². The van der Waals surface area contributed by atoms with Crippen LogP contribution in [0, 0.1) is 0 Å². The molecule has 0 bridgehead atoms. The van der Waals surface area contributed by atoms with E-state index in [0.717, 1.165) is 32.3 Å². The second-order valence-corrected chi connectivity index (χ2v) is 5.36. The van der Waals surface area contributed by atoms with Crippen molar-refractivity contribution in [1.29, 1.82) is 0 Å². The monoisotopic (exact) mass is 306 g/mol. The molecule has 0 aliphatic heterocycles. The summed E-state index contributed by atoms with van der Waals surface area (Å²) in [6, 6.07) is 17.8. The van der Waals surface area contributed by atoms with Gasteiger partial charge in [0.2, 0.25) is 0 Å². The molecule has 0 aliphatic rings. The molecule has 0 saturated heterocycles. The van der Waals surface area contributed by atoms with Crippen molar-refractivity contribution in [2.45, 2.75) is 0 Å². The third-order valence-electron chi connectivity index (χ3n) is 3.66. The van der Waals surface area contributed by atoms with E-state index in [-0.39, 0.29) is 29.6 Å². The standard InChI is InChI=1S/C16H10O3S.Na.H/c17-20(18)19-14-9-7-12-5-4-10-2-1-3-11-6-8-13(14)16(12)15(10)11;;/h1-9,20H;;. The van der Waals surface area contributed by atoms with Gasteiger partial charge in [-0.2, -0.15) is 8.42 Å². The van der Waals surface area contributed by atoms with Crippen molar-refractivity contribution in [3.8, 4) is 5.75 Å². The molecular weight excluding hydrogens is 295 g/mol. The van der Waals surface area contributed by atoms with Crippen molar-refractivity contribution in [2.24, 2.45) is 0 Å². The summed E-state index contributed by atoms with van der Waals surface area (Å²) >= 11 is 0. The SMILES string of the molecule is O=[SH](=O)Oc1ccc2ccc3cccc4ccc1c2c34.[NaH]. The van der Waals surface area contributed by atoms with Crippen LogP contribution in [-0.2, 0) is 11.0 Å². The quantitative estimate of drug-likeness (QED) is 0.352. The van der Waals surface area contributed by atoms with E-state index in [1.54, 1.807) is 6.07 Å². The zero-order valence-electron chi connectivity index (χ0n) is 10.4. The Hall–Kier alpha value is -1.33. The van der Waals surface area contributed by atoms with Crippen molar-refractivity contribution in [1.82, 2.24) is 0 Å². The molecule has 5 heteroatoms. The maximum atomic E-state index is 10.8. The minimum atomic E-state index is -2.91. The number of hydrogen-bond donors (Lipinski definition) is 1. The van der Waals surface area contributed by atoms with Gasteiger partial charge < -0.3 is 4.18 Å². The van der Waals surface area contributed by atoms with E-state index in [2.05, 4.69) is 18.2 Å². The van der Waals surface area contributed by atoms with E-state index in [0.29, 0.717) is 5.75 Å². The van der Waals surface area contributed by atoms with Gasteiger partial charge in [-0.15, -0.1) is 0 Å². The van der Waals surface area contributed by atoms with Gasteiger partial charge in [0.15, 0.2) is 0 Å². The number of thiol groups is 1. The Morgan fingerprint density at radius 2 is 1.29 bits per heavy atom. The van der Waals surface area contributed by atoms with Gasteiger partial charge in [0.05, 0.1) is 0 Å². The van der Waals surface area contributed by atoms with Crippen molar-refractivity contribution in [3.05, 3.63) is 54.6 Å².